The Balaban J connectivity index is 1.33. The molecule has 1 aliphatic carbocycles. The van der Waals surface area contributed by atoms with Crippen molar-refractivity contribution in [3.8, 4) is 22.6 Å². The first-order valence-corrected chi connectivity index (χ1v) is 17.3. The number of aryl methyl sites for hydroxylation is 1. The number of nitrogens with zero attached hydrogens (tertiary/aromatic N) is 5. The number of hydrogen-bond acceptors (Lipinski definition) is 5. The van der Waals surface area contributed by atoms with Crippen LogP contribution < -0.4 is 4.90 Å². The smallest absolute Gasteiger partial charge is 0.335 e. The third kappa shape index (κ3) is 5.24. The van der Waals surface area contributed by atoms with E-state index in [1.807, 2.05) is 18.3 Å². The number of rotatable bonds is 6. The summed E-state index contributed by atoms with van der Waals surface area (Å²) in [6, 6.07) is 18.8. The maximum atomic E-state index is 12.1. The van der Waals surface area contributed by atoms with Crippen LogP contribution in [0.4, 0.5) is 5.69 Å². The van der Waals surface area contributed by atoms with E-state index in [4.69, 9.17) is 4.98 Å². The van der Waals surface area contributed by atoms with Crippen LogP contribution in [0.25, 0.3) is 44.5 Å². The molecule has 3 aliphatic rings. The summed E-state index contributed by atoms with van der Waals surface area (Å²) in [5.41, 5.74) is 10.6. The van der Waals surface area contributed by atoms with Gasteiger partial charge in [0.15, 0.2) is 0 Å². The lowest BCUT2D eigenvalue weighted by atomic mass is 9.81. The second kappa shape index (κ2) is 12.2. The Bertz CT molecular complexity index is 1930. The number of fused-ring (bicyclic) bond motifs is 7. The molecule has 0 atom stereocenters. The van der Waals surface area contributed by atoms with Gasteiger partial charge in [0.25, 0.3) is 0 Å². The molecule has 7 nitrogen and oxygen atoms in total. The zero-order chi connectivity index (χ0) is 31.2. The monoisotopic (exact) mass is 613 g/mol. The van der Waals surface area contributed by atoms with Crippen molar-refractivity contribution in [1.29, 1.82) is 0 Å². The number of hydrogen-bond donors (Lipinski definition) is 1. The van der Waals surface area contributed by atoms with E-state index < -0.39 is 5.97 Å². The van der Waals surface area contributed by atoms with E-state index in [2.05, 4.69) is 62.7 Å². The Morgan fingerprint density at radius 2 is 1.63 bits per heavy atom. The molecule has 2 fully saturated rings. The van der Waals surface area contributed by atoms with Crippen LogP contribution >= 0.6 is 0 Å². The van der Waals surface area contributed by atoms with E-state index in [1.54, 1.807) is 6.07 Å². The molecule has 5 aromatic rings. The van der Waals surface area contributed by atoms with Gasteiger partial charge in [0.05, 0.1) is 33.8 Å². The lowest BCUT2D eigenvalue weighted by Gasteiger charge is -2.32. The van der Waals surface area contributed by atoms with Gasteiger partial charge in [-0.05, 0) is 111 Å². The lowest BCUT2D eigenvalue weighted by Crippen LogP contribution is -2.38. The zero-order valence-corrected chi connectivity index (χ0v) is 26.8. The van der Waals surface area contributed by atoms with Gasteiger partial charge < -0.3 is 19.5 Å². The van der Waals surface area contributed by atoms with Gasteiger partial charge in [0.2, 0.25) is 0 Å². The van der Waals surface area contributed by atoms with Gasteiger partial charge in [-0.2, -0.15) is 0 Å². The molecule has 1 saturated heterocycles. The highest BCUT2D eigenvalue weighted by Gasteiger charge is 2.32. The average Bonchev–Trinajstić information content (AvgIpc) is 3.32. The van der Waals surface area contributed by atoms with Gasteiger partial charge in [0.1, 0.15) is 0 Å². The summed E-state index contributed by atoms with van der Waals surface area (Å²) in [7, 11) is 0. The van der Waals surface area contributed by atoms with Crippen LogP contribution in [0.1, 0.15) is 78.8 Å². The molecule has 7 heteroatoms. The number of carboxylic acids is 1. The molecule has 46 heavy (non-hydrogen) atoms. The van der Waals surface area contributed by atoms with Crippen molar-refractivity contribution in [2.45, 2.75) is 70.8 Å². The highest BCUT2D eigenvalue weighted by molar-refractivity contribution is 6.05. The quantitative estimate of drug-likeness (QED) is 0.208. The number of carboxylic acid groups (broad SMARTS) is 1. The average molecular weight is 614 g/mol. The summed E-state index contributed by atoms with van der Waals surface area (Å²) in [6.07, 6.45) is 11.9. The van der Waals surface area contributed by atoms with Crippen LogP contribution in [0.15, 0.2) is 60.8 Å². The third-order valence-corrected chi connectivity index (χ3v) is 10.7. The van der Waals surface area contributed by atoms with Gasteiger partial charge in [-0.15, -0.1) is 0 Å². The van der Waals surface area contributed by atoms with E-state index in [0.29, 0.717) is 11.5 Å². The normalized spacial score (nSPS) is 17.6. The van der Waals surface area contributed by atoms with E-state index in [9.17, 15) is 9.90 Å². The highest BCUT2D eigenvalue weighted by atomic mass is 16.4. The summed E-state index contributed by atoms with van der Waals surface area (Å²) in [4.78, 5) is 27.2. The first-order chi connectivity index (χ1) is 22.5. The molecule has 2 aliphatic heterocycles. The predicted molar refractivity (Wildman–Crippen MR) is 186 cm³/mol. The summed E-state index contributed by atoms with van der Waals surface area (Å²) >= 11 is 0. The Morgan fingerprint density at radius 1 is 0.826 bits per heavy atom. The Morgan fingerprint density at radius 3 is 2.43 bits per heavy atom. The number of carbonyl (C=O) groups is 1. The first kappa shape index (κ1) is 29.2. The fourth-order valence-electron chi connectivity index (χ4n) is 8.38. The number of likely N-dealkylation sites (tertiary alicyclic amines) is 1. The Labute approximate surface area is 270 Å². The molecule has 0 spiro atoms. The zero-order valence-electron chi connectivity index (χ0n) is 26.8. The van der Waals surface area contributed by atoms with E-state index >= 15 is 0 Å². The molecule has 236 valence electrons. The molecule has 2 aromatic carbocycles. The third-order valence-electron chi connectivity index (χ3n) is 10.7. The van der Waals surface area contributed by atoms with Crippen molar-refractivity contribution < 1.29 is 9.90 Å². The largest absolute Gasteiger partial charge is 0.478 e. The minimum atomic E-state index is -0.871. The number of aromatic nitrogens is 3. The number of aromatic carboxylic acids is 1. The van der Waals surface area contributed by atoms with Gasteiger partial charge in [0, 0.05) is 54.2 Å². The topological polar surface area (TPSA) is 74.5 Å². The van der Waals surface area contributed by atoms with Crippen LogP contribution in [0.2, 0.25) is 0 Å². The molecule has 0 radical (unpaired) electrons. The van der Waals surface area contributed by atoms with Crippen molar-refractivity contribution in [2.24, 2.45) is 0 Å². The number of anilines is 1. The number of pyridine rings is 2. The minimum absolute atomic E-state index is 0.356. The summed E-state index contributed by atoms with van der Waals surface area (Å²) in [5.74, 6) is -0.399. The van der Waals surface area contributed by atoms with Gasteiger partial charge >= 0.3 is 5.97 Å². The van der Waals surface area contributed by atoms with E-state index in [-0.39, 0.29) is 0 Å². The maximum Gasteiger partial charge on any atom is 0.335 e. The summed E-state index contributed by atoms with van der Waals surface area (Å²) in [6.45, 7) is 8.13. The fourth-order valence-corrected chi connectivity index (χ4v) is 8.38. The summed E-state index contributed by atoms with van der Waals surface area (Å²) in [5, 5.41) is 12.4. The van der Waals surface area contributed by atoms with Crippen LogP contribution in [0.5, 0.6) is 0 Å². The fraction of sp³-hybridized carbons (Fsp3) is 0.410. The number of benzene rings is 2. The van der Waals surface area contributed by atoms with Gasteiger partial charge in [-0.3, -0.25) is 4.98 Å². The van der Waals surface area contributed by atoms with E-state index in [1.165, 1.54) is 103 Å². The lowest BCUT2D eigenvalue weighted by molar-refractivity contribution is 0.0697. The van der Waals surface area contributed by atoms with Gasteiger partial charge in [-0.25, -0.2) is 9.78 Å². The molecule has 1 saturated carbocycles. The molecule has 0 bridgehead atoms. The van der Waals surface area contributed by atoms with Crippen molar-refractivity contribution in [2.75, 3.05) is 37.6 Å². The SMILES string of the molecule is Cc1ccnc(-c2ccc3c4c(ccc3n2)-c2c(C3CCCCC3)c3ccc(C(=O)O)cc3n2CCN4CCN2CCCCC2)c1. The van der Waals surface area contributed by atoms with Crippen molar-refractivity contribution in [1.82, 2.24) is 19.4 Å². The number of piperidine rings is 1. The molecule has 0 unspecified atom stereocenters. The second-order valence-electron chi connectivity index (χ2n) is 13.6. The molecular formula is C39H43N5O2. The van der Waals surface area contributed by atoms with Crippen molar-refractivity contribution in [3.63, 3.8) is 0 Å². The Kier molecular flexibility index (Phi) is 7.73. The van der Waals surface area contributed by atoms with Crippen LogP contribution in [0.3, 0.4) is 0 Å². The van der Waals surface area contributed by atoms with Crippen LogP contribution in [0, 0.1) is 6.92 Å². The highest BCUT2D eigenvalue weighted by Crippen LogP contribution is 2.49. The second-order valence-corrected chi connectivity index (χ2v) is 13.6. The van der Waals surface area contributed by atoms with Crippen LogP contribution in [-0.4, -0.2) is 63.2 Å². The first-order valence-electron chi connectivity index (χ1n) is 17.3. The molecule has 0 amide bonds. The standard InChI is InChI=1S/C39H43N5O2/c1-26-16-17-40-34(24-26)33-15-12-29-32(41-33)14-13-31-37(29)43(21-20-42-18-6-3-7-19-42)22-23-44-35-25-28(39(45)46)10-11-30(35)36(38(31)44)27-8-4-2-5-9-27/h10-17,24-25,27H,2-9,18-23H2,1H3,(H,45,46). The molecule has 8 rings (SSSR count). The summed E-state index contributed by atoms with van der Waals surface area (Å²) < 4.78 is 2.45. The van der Waals surface area contributed by atoms with Gasteiger partial charge in [-0.1, -0.05) is 31.7 Å². The van der Waals surface area contributed by atoms with Crippen LogP contribution in [-0.2, 0) is 6.54 Å². The van der Waals surface area contributed by atoms with Crippen molar-refractivity contribution in [3.05, 3.63) is 77.5 Å². The Hall–Kier alpha value is -4.23. The molecule has 5 heterocycles. The van der Waals surface area contributed by atoms with E-state index in [0.717, 1.165) is 48.6 Å². The molecule has 3 aromatic heterocycles. The predicted octanol–water partition coefficient (Wildman–Crippen LogP) is 8.28. The molecule has 1 N–H and O–H groups in total. The molecular weight excluding hydrogens is 570 g/mol. The van der Waals surface area contributed by atoms with Crippen molar-refractivity contribution >= 4 is 33.5 Å². The minimum Gasteiger partial charge on any atom is -0.478 e. The maximum absolute atomic E-state index is 12.1.